The molecule has 0 aliphatic carbocycles. The molecule has 2 aromatic carbocycles. The maximum atomic E-state index is 13.6. The fraction of sp³-hybridized carbons (Fsp3) is 0.120. The van der Waals surface area contributed by atoms with Gasteiger partial charge in [0.25, 0.3) is 0 Å². The van der Waals surface area contributed by atoms with E-state index in [4.69, 9.17) is 17.0 Å². The summed E-state index contributed by atoms with van der Waals surface area (Å²) >= 11 is 5.81. The van der Waals surface area contributed by atoms with Gasteiger partial charge in [0.1, 0.15) is 17.6 Å². The van der Waals surface area contributed by atoms with E-state index in [1.807, 2.05) is 54.7 Å². The van der Waals surface area contributed by atoms with E-state index in [1.54, 1.807) is 25.4 Å². The molecule has 1 N–H and O–H groups in total. The number of nitrogens with one attached hydrogen (secondary N) is 1. The first-order chi connectivity index (χ1) is 15.7. The van der Waals surface area contributed by atoms with E-state index in [-0.39, 0.29) is 17.9 Å². The quantitative estimate of drug-likeness (QED) is 0.429. The molecule has 0 saturated carbocycles. The summed E-state index contributed by atoms with van der Waals surface area (Å²) in [6, 6.07) is 23.7. The van der Waals surface area contributed by atoms with Crippen LogP contribution in [0.3, 0.4) is 0 Å². The lowest BCUT2D eigenvalue weighted by molar-refractivity contribution is 0.414. The third-order valence-electron chi connectivity index (χ3n) is 5.63. The van der Waals surface area contributed by atoms with Gasteiger partial charge in [0.2, 0.25) is 0 Å². The van der Waals surface area contributed by atoms with Crippen LogP contribution in [-0.2, 0) is 0 Å². The molecule has 32 heavy (non-hydrogen) atoms. The number of ether oxygens (including phenoxy) is 1. The number of pyridine rings is 1. The summed E-state index contributed by atoms with van der Waals surface area (Å²) in [5.41, 5.74) is 3.60. The van der Waals surface area contributed by atoms with E-state index in [2.05, 4.69) is 25.8 Å². The molecule has 0 bridgehead atoms. The van der Waals surface area contributed by atoms with E-state index >= 15 is 0 Å². The number of thiocarbonyl (C=S) groups is 1. The van der Waals surface area contributed by atoms with Gasteiger partial charge in [-0.3, -0.25) is 4.98 Å². The highest BCUT2D eigenvalue weighted by atomic mass is 32.1. The number of hydrogen-bond donors (Lipinski definition) is 1. The maximum Gasteiger partial charge on any atom is 0.174 e. The topological polar surface area (TPSA) is 42.3 Å². The molecule has 0 radical (unpaired) electrons. The van der Waals surface area contributed by atoms with Gasteiger partial charge in [-0.05, 0) is 72.9 Å². The Balaban J connectivity index is 1.68. The van der Waals surface area contributed by atoms with Crippen molar-refractivity contribution in [2.45, 2.75) is 12.1 Å². The Kier molecular flexibility index (Phi) is 5.33. The zero-order valence-electron chi connectivity index (χ0n) is 17.4. The molecule has 5 nitrogen and oxygen atoms in total. The van der Waals surface area contributed by atoms with Gasteiger partial charge in [-0.15, -0.1) is 0 Å². The van der Waals surface area contributed by atoms with Crippen LogP contribution < -0.4 is 15.0 Å². The van der Waals surface area contributed by atoms with Crippen LogP contribution in [0.5, 0.6) is 5.75 Å². The fourth-order valence-electron chi connectivity index (χ4n) is 4.22. The Labute approximate surface area is 191 Å². The molecule has 3 heterocycles. The van der Waals surface area contributed by atoms with Crippen LogP contribution in [0.25, 0.3) is 5.69 Å². The zero-order valence-corrected chi connectivity index (χ0v) is 18.2. The molecular weight excluding hydrogens is 423 g/mol. The molecule has 1 saturated heterocycles. The molecule has 0 amide bonds. The van der Waals surface area contributed by atoms with Crippen molar-refractivity contribution in [3.05, 3.63) is 108 Å². The Bertz CT molecular complexity index is 1240. The first-order valence-corrected chi connectivity index (χ1v) is 10.6. The zero-order chi connectivity index (χ0) is 22.1. The Morgan fingerprint density at radius 1 is 0.969 bits per heavy atom. The number of halogens is 1. The van der Waals surface area contributed by atoms with Gasteiger partial charge in [0.15, 0.2) is 5.11 Å². The predicted molar refractivity (Wildman–Crippen MR) is 127 cm³/mol. The maximum absolute atomic E-state index is 13.6. The number of benzene rings is 2. The number of para-hydroxylation sites is 2. The summed E-state index contributed by atoms with van der Waals surface area (Å²) in [6.45, 7) is 0. The van der Waals surface area contributed by atoms with Crippen molar-refractivity contribution in [2.24, 2.45) is 0 Å². The third kappa shape index (κ3) is 3.50. The number of anilines is 1. The normalized spacial score (nSPS) is 17.9. The van der Waals surface area contributed by atoms with Crippen molar-refractivity contribution in [2.75, 3.05) is 12.0 Å². The lowest BCUT2D eigenvalue weighted by Gasteiger charge is -2.29. The molecule has 7 heteroatoms. The Hall–Kier alpha value is -3.71. The minimum Gasteiger partial charge on any atom is -0.495 e. The Morgan fingerprint density at radius 2 is 1.75 bits per heavy atom. The largest absolute Gasteiger partial charge is 0.495 e. The average molecular weight is 445 g/mol. The molecule has 1 aliphatic rings. The second-order valence-corrected chi connectivity index (χ2v) is 7.83. The summed E-state index contributed by atoms with van der Waals surface area (Å²) in [4.78, 5) is 6.67. The van der Waals surface area contributed by atoms with Gasteiger partial charge >= 0.3 is 0 Å². The SMILES string of the molecule is COc1ccccc1N1C(=S)N[C@@H](c2ccccn2)[C@H]1c1cccn1-c1ccc(F)cc1. The summed E-state index contributed by atoms with van der Waals surface area (Å²) in [5.74, 6) is 0.455. The van der Waals surface area contributed by atoms with Gasteiger partial charge in [0.05, 0.1) is 24.5 Å². The smallest absolute Gasteiger partial charge is 0.174 e. The van der Waals surface area contributed by atoms with Gasteiger partial charge < -0.3 is 19.5 Å². The molecule has 1 fully saturated rings. The summed E-state index contributed by atoms with van der Waals surface area (Å²) < 4.78 is 21.3. The second-order valence-electron chi connectivity index (χ2n) is 7.45. The number of rotatable bonds is 5. The molecule has 5 rings (SSSR count). The minimum atomic E-state index is -0.270. The highest BCUT2D eigenvalue weighted by Gasteiger charge is 2.43. The Morgan fingerprint density at radius 3 is 2.50 bits per heavy atom. The lowest BCUT2D eigenvalue weighted by Crippen LogP contribution is -2.30. The second kappa shape index (κ2) is 8.43. The van der Waals surface area contributed by atoms with Gasteiger partial charge in [-0.25, -0.2) is 4.39 Å². The van der Waals surface area contributed by atoms with Crippen LogP contribution in [0.2, 0.25) is 0 Å². The minimum absolute atomic E-state index is 0.192. The number of hydrogen-bond acceptors (Lipinski definition) is 3. The van der Waals surface area contributed by atoms with Crippen LogP contribution in [0.15, 0.2) is 91.3 Å². The van der Waals surface area contributed by atoms with Crippen molar-refractivity contribution in [1.29, 1.82) is 0 Å². The van der Waals surface area contributed by atoms with Crippen molar-refractivity contribution in [3.63, 3.8) is 0 Å². The van der Waals surface area contributed by atoms with Gasteiger partial charge in [0, 0.05) is 23.8 Å². The van der Waals surface area contributed by atoms with E-state index in [1.165, 1.54) is 12.1 Å². The van der Waals surface area contributed by atoms with Crippen LogP contribution >= 0.6 is 12.2 Å². The fourth-order valence-corrected chi connectivity index (χ4v) is 4.55. The monoisotopic (exact) mass is 444 g/mol. The lowest BCUT2D eigenvalue weighted by atomic mass is 10.0. The van der Waals surface area contributed by atoms with Crippen molar-refractivity contribution >= 4 is 23.0 Å². The van der Waals surface area contributed by atoms with E-state index in [9.17, 15) is 4.39 Å². The standard InChI is InChI=1S/C25H21FN4OS/c1-31-22-10-3-2-8-20(22)30-24(23(28-25(30)32)19-7-4-5-15-27-19)21-9-6-16-29(21)18-13-11-17(26)12-14-18/h2-16,23-24H,1H3,(H,28,32)/t23-,24+/m0/s1. The number of methoxy groups -OCH3 is 1. The molecule has 0 unspecified atom stereocenters. The van der Waals surface area contributed by atoms with Crippen LogP contribution in [-0.4, -0.2) is 21.8 Å². The molecule has 2 atom stereocenters. The van der Waals surface area contributed by atoms with Crippen LogP contribution in [0.4, 0.5) is 10.1 Å². The summed E-state index contributed by atoms with van der Waals surface area (Å²) in [6.07, 6.45) is 3.75. The average Bonchev–Trinajstić information content (AvgIpc) is 3.44. The number of nitrogens with zero attached hydrogens (tertiary/aromatic N) is 3. The summed E-state index contributed by atoms with van der Waals surface area (Å²) in [7, 11) is 1.65. The van der Waals surface area contributed by atoms with Crippen molar-refractivity contribution in [1.82, 2.24) is 14.9 Å². The van der Waals surface area contributed by atoms with E-state index in [0.717, 1.165) is 28.5 Å². The van der Waals surface area contributed by atoms with Gasteiger partial charge in [-0.2, -0.15) is 0 Å². The first kappa shape index (κ1) is 20.2. The highest BCUT2D eigenvalue weighted by molar-refractivity contribution is 7.80. The molecule has 2 aromatic heterocycles. The van der Waals surface area contributed by atoms with E-state index < -0.39 is 0 Å². The first-order valence-electron chi connectivity index (χ1n) is 10.2. The molecule has 0 spiro atoms. The molecule has 4 aromatic rings. The molecule has 160 valence electrons. The predicted octanol–water partition coefficient (Wildman–Crippen LogP) is 5.20. The van der Waals surface area contributed by atoms with Gasteiger partial charge in [-0.1, -0.05) is 18.2 Å². The third-order valence-corrected chi connectivity index (χ3v) is 5.95. The van der Waals surface area contributed by atoms with Crippen LogP contribution in [0, 0.1) is 5.82 Å². The van der Waals surface area contributed by atoms with Crippen molar-refractivity contribution < 1.29 is 9.13 Å². The molecular formula is C25H21FN4OS. The summed E-state index contributed by atoms with van der Waals surface area (Å²) in [5, 5.41) is 4.05. The highest BCUT2D eigenvalue weighted by Crippen LogP contribution is 2.44. The van der Waals surface area contributed by atoms with Crippen LogP contribution in [0.1, 0.15) is 23.5 Å². The van der Waals surface area contributed by atoms with E-state index in [0.29, 0.717) is 5.11 Å². The number of aromatic nitrogens is 2. The van der Waals surface area contributed by atoms with Crippen molar-refractivity contribution in [3.8, 4) is 11.4 Å². The molecule has 1 aliphatic heterocycles.